The molecule has 1 aromatic heterocycles. The first kappa shape index (κ1) is 11.4. The van der Waals surface area contributed by atoms with Crippen LogP contribution in [-0.4, -0.2) is 11.5 Å². The largest absolute Gasteiger partial charge is 0.384 e. The molecule has 2 heteroatoms. The summed E-state index contributed by atoms with van der Waals surface area (Å²) < 4.78 is 0. The van der Waals surface area contributed by atoms with Crippen LogP contribution >= 0.6 is 0 Å². The standard InChI is InChI=1S/C14H22N2/c1-11-4-3-5-13(8-11)9-16-14-7-6-12(2)15-10-14/h6-7,10-11,13,16H,3-5,8-9H2,1-2H3. The maximum atomic E-state index is 4.30. The highest BCUT2D eigenvalue weighted by Crippen LogP contribution is 2.28. The molecule has 1 aliphatic carbocycles. The van der Waals surface area contributed by atoms with E-state index < -0.39 is 0 Å². The van der Waals surface area contributed by atoms with Crippen molar-refractivity contribution in [3.05, 3.63) is 24.0 Å². The van der Waals surface area contributed by atoms with E-state index in [2.05, 4.69) is 29.4 Å². The molecule has 1 aromatic rings. The molecule has 1 heterocycles. The molecule has 1 fully saturated rings. The summed E-state index contributed by atoms with van der Waals surface area (Å²) >= 11 is 0. The average molecular weight is 218 g/mol. The third-order valence-electron chi connectivity index (χ3n) is 3.55. The quantitative estimate of drug-likeness (QED) is 0.838. The molecule has 0 bridgehead atoms. The monoisotopic (exact) mass is 218 g/mol. The Bertz CT molecular complexity index is 318. The van der Waals surface area contributed by atoms with Gasteiger partial charge in [-0.3, -0.25) is 4.98 Å². The molecule has 0 radical (unpaired) electrons. The van der Waals surface area contributed by atoms with Gasteiger partial charge in [0.1, 0.15) is 0 Å². The van der Waals surface area contributed by atoms with Gasteiger partial charge in [0.2, 0.25) is 0 Å². The summed E-state index contributed by atoms with van der Waals surface area (Å²) in [6.45, 7) is 5.50. The predicted molar refractivity (Wildman–Crippen MR) is 68.6 cm³/mol. The fourth-order valence-corrected chi connectivity index (χ4v) is 2.58. The van der Waals surface area contributed by atoms with Crippen LogP contribution in [0, 0.1) is 18.8 Å². The molecule has 2 rings (SSSR count). The van der Waals surface area contributed by atoms with Crippen LogP contribution in [0.4, 0.5) is 5.69 Å². The summed E-state index contributed by atoms with van der Waals surface area (Å²) in [6, 6.07) is 4.18. The number of rotatable bonds is 3. The van der Waals surface area contributed by atoms with Gasteiger partial charge in [0.25, 0.3) is 0 Å². The van der Waals surface area contributed by atoms with Gasteiger partial charge in [-0.05, 0) is 43.7 Å². The lowest BCUT2D eigenvalue weighted by Crippen LogP contribution is -2.21. The first-order chi connectivity index (χ1) is 7.74. The molecule has 2 nitrogen and oxygen atoms in total. The van der Waals surface area contributed by atoms with E-state index >= 15 is 0 Å². The molecule has 0 spiro atoms. The molecule has 0 aromatic carbocycles. The maximum absolute atomic E-state index is 4.30. The number of nitrogens with one attached hydrogen (secondary N) is 1. The smallest absolute Gasteiger partial charge is 0.0527 e. The van der Waals surface area contributed by atoms with Crippen LogP contribution in [0.1, 0.15) is 38.3 Å². The lowest BCUT2D eigenvalue weighted by Gasteiger charge is -2.27. The van der Waals surface area contributed by atoms with Crippen molar-refractivity contribution < 1.29 is 0 Å². The van der Waals surface area contributed by atoms with Gasteiger partial charge in [0.15, 0.2) is 0 Å². The SMILES string of the molecule is Cc1ccc(NCC2CCCC(C)C2)cn1. The number of aromatic nitrogens is 1. The number of hydrogen-bond acceptors (Lipinski definition) is 2. The molecular weight excluding hydrogens is 196 g/mol. The van der Waals surface area contributed by atoms with E-state index in [0.29, 0.717) is 0 Å². The average Bonchev–Trinajstić information content (AvgIpc) is 2.28. The Labute approximate surface area is 98.5 Å². The Balaban J connectivity index is 1.80. The van der Waals surface area contributed by atoms with E-state index in [9.17, 15) is 0 Å². The maximum Gasteiger partial charge on any atom is 0.0527 e. The van der Waals surface area contributed by atoms with Gasteiger partial charge in [0.05, 0.1) is 11.9 Å². The first-order valence-electron chi connectivity index (χ1n) is 6.40. The molecule has 88 valence electrons. The molecule has 0 saturated heterocycles. The van der Waals surface area contributed by atoms with E-state index in [-0.39, 0.29) is 0 Å². The van der Waals surface area contributed by atoms with Crippen molar-refractivity contribution >= 4 is 5.69 Å². The van der Waals surface area contributed by atoms with Gasteiger partial charge < -0.3 is 5.32 Å². The fourth-order valence-electron chi connectivity index (χ4n) is 2.58. The Morgan fingerprint density at radius 2 is 2.25 bits per heavy atom. The number of nitrogens with zero attached hydrogens (tertiary/aromatic N) is 1. The van der Waals surface area contributed by atoms with Gasteiger partial charge >= 0.3 is 0 Å². The van der Waals surface area contributed by atoms with Crippen molar-refractivity contribution in [2.24, 2.45) is 11.8 Å². The Morgan fingerprint density at radius 1 is 1.38 bits per heavy atom. The second-order valence-corrected chi connectivity index (χ2v) is 5.21. The Hall–Kier alpha value is -1.05. The van der Waals surface area contributed by atoms with Crippen LogP contribution in [0.5, 0.6) is 0 Å². The van der Waals surface area contributed by atoms with Crippen molar-refractivity contribution in [1.29, 1.82) is 0 Å². The first-order valence-corrected chi connectivity index (χ1v) is 6.40. The molecule has 16 heavy (non-hydrogen) atoms. The van der Waals surface area contributed by atoms with Crippen LogP contribution in [-0.2, 0) is 0 Å². The summed E-state index contributed by atoms with van der Waals surface area (Å²) in [5, 5.41) is 3.50. The van der Waals surface area contributed by atoms with Crippen LogP contribution in [0.25, 0.3) is 0 Å². The van der Waals surface area contributed by atoms with Crippen LogP contribution < -0.4 is 5.32 Å². The molecular formula is C14H22N2. The second-order valence-electron chi connectivity index (χ2n) is 5.21. The molecule has 2 atom stereocenters. The minimum atomic E-state index is 0.852. The van der Waals surface area contributed by atoms with E-state index in [1.54, 1.807) is 0 Å². The predicted octanol–water partition coefficient (Wildman–Crippen LogP) is 3.63. The van der Waals surface area contributed by atoms with E-state index in [4.69, 9.17) is 0 Å². The molecule has 0 amide bonds. The molecule has 1 saturated carbocycles. The van der Waals surface area contributed by atoms with E-state index in [0.717, 1.165) is 29.8 Å². The number of anilines is 1. The Morgan fingerprint density at radius 3 is 2.94 bits per heavy atom. The Kier molecular flexibility index (Phi) is 3.81. The highest BCUT2D eigenvalue weighted by Gasteiger charge is 2.18. The molecule has 0 aliphatic heterocycles. The second kappa shape index (κ2) is 5.33. The molecule has 1 N–H and O–H groups in total. The molecule has 1 aliphatic rings. The topological polar surface area (TPSA) is 24.9 Å². The fraction of sp³-hybridized carbons (Fsp3) is 0.643. The summed E-state index contributed by atoms with van der Waals surface area (Å²) in [5.41, 5.74) is 2.24. The van der Waals surface area contributed by atoms with Crippen molar-refractivity contribution in [3.8, 4) is 0 Å². The highest BCUT2D eigenvalue weighted by atomic mass is 14.9. The summed E-state index contributed by atoms with van der Waals surface area (Å²) in [5.74, 6) is 1.77. The molecule has 2 unspecified atom stereocenters. The van der Waals surface area contributed by atoms with E-state index in [1.807, 2.05) is 13.1 Å². The summed E-state index contributed by atoms with van der Waals surface area (Å²) in [6.07, 6.45) is 7.52. The third kappa shape index (κ3) is 3.22. The van der Waals surface area contributed by atoms with Crippen molar-refractivity contribution in [3.63, 3.8) is 0 Å². The zero-order valence-electron chi connectivity index (χ0n) is 10.4. The minimum absolute atomic E-state index is 0.852. The minimum Gasteiger partial charge on any atom is -0.384 e. The van der Waals surface area contributed by atoms with Crippen LogP contribution in [0.3, 0.4) is 0 Å². The van der Waals surface area contributed by atoms with E-state index in [1.165, 1.54) is 25.7 Å². The third-order valence-corrected chi connectivity index (χ3v) is 3.55. The lowest BCUT2D eigenvalue weighted by atomic mass is 9.82. The summed E-state index contributed by atoms with van der Waals surface area (Å²) in [7, 11) is 0. The van der Waals surface area contributed by atoms with Crippen molar-refractivity contribution in [2.45, 2.75) is 39.5 Å². The number of pyridine rings is 1. The van der Waals surface area contributed by atoms with Gasteiger partial charge in [-0.15, -0.1) is 0 Å². The highest BCUT2D eigenvalue weighted by molar-refractivity contribution is 5.40. The number of aryl methyl sites for hydroxylation is 1. The zero-order chi connectivity index (χ0) is 11.4. The lowest BCUT2D eigenvalue weighted by molar-refractivity contribution is 0.293. The van der Waals surface area contributed by atoms with Crippen molar-refractivity contribution in [1.82, 2.24) is 4.98 Å². The normalized spacial score (nSPS) is 25.4. The van der Waals surface area contributed by atoms with Gasteiger partial charge in [-0.1, -0.05) is 19.8 Å². The zero-order valence-corrected chi connectivity index (χ0v) is 10.4. The van der Waals surface area contributed by atoms with Crippen molar-refractivity contribution in [2.75, 3.05) is 11.9 Å². The summed E-state index contributed by atoms with van der Waals surface area (Å²) in [4.78, 5) is 4.30. The van der Waals surface area contributed by atoms with Gasteiger partial charge in [-0.2, -0.15) is 0 Å². The number of hydrogen-bond donors (Lipinski definition) is 1. The van der Waals surface area contributed by atoms with Gasteiger partial charge in [-0.25, -0.2) is 0 Å². The van der Waals surface area contributed by atoms with Crippen LogP contribution in [0.2, 0.25) is 0 Å². The van der Waals surface area contributed by atoms with Gasteiger partial charge in [0, 0.05) is 12.2 Å². The van der Waals surface area contributed by atoms with Crippen LogP contribution in [0.15, 0.2) is 18.3 Å².